The molecule has 3 nitrogen and oxygen atoms in total. The predicted molar refractivity (Wildman–Crippen MR) is 87.0 cm³/mol. The summed E-state index contributed by atoms with van der Waals surface area (Å²) in [6, 6.07) is 9.06. The number of rotatable bonds is 2. The first kappa shape index (κ1) is 15.3. The Balaban J connectivity index is 2.30. The Morgan fingerprint density at radius 3 is 2.75 bits per heavy atom. The smallest absolute Gasteiger partial charge is 0.0638 e. The number of likely N-dealkylation sites (N-methyl/N-ethyl adjacent to an activating group) is 1. The molecule has 0 saturated carbocycles. The molecule has 4 heteroatoms. The molecule has 0 N–H and O–H groups in total. The van der Waals surface area contributed by atoms with Crippen LogP contribution in [0.3, 0.4) is 0 Å². The topological polar surface area (TPSA) is 30.3 Å². The van der Waals surface area contributed by atoms with Crippen LogP contribution >= 0.6 is 15.9 Å². The highest BCUT2D eigenvalue weighted by Crippen LogP contribution is 2.33. The number of hydrogen-bond donors (Lipinski definition) is 0. The molecule has 1 fully saturated rings. The van der Waals surface area contributed by atoms with Crippen molar-refractivity contribution in [2.45, 2.75) is 38.8 Å². The van der Waals surface area contributed by atoms with Crippen LogP contribution in [0.25, 0.3) is 0 Å². The summed E-state index contributed by atoms with van der Waals surface area (Å²) in [5.41, 5.74) is 2.53. The fourth-order valence-corrected chi connectivity index (χ4v) is 3.62. The fraction of sp³-hybridized carbons (Fsp3) is 0.562. The van der Waals surface area contributed by atoms with Gasteiger partial charge in [-0.2, -0.15) is 5.26 Å². The minimum atomic E-state index is 0.0596. The largest absolute Gasteiger partial charge is 0.367 e. The van der Waals surface area contributed by atoms with Gasteiger partial charge in [-0.3, -0.25) is 4.90 Å². The van der Waals surface area contributed by atoms with Crippen LogP contribution in [0.4, 0.5) is 5.69 Å². The van der Waals surface area contributed by atoms with Gasteiger partial charge in [0, 0.05) is 29.1 Å². The van der Waals surface area contributed by atoms with Crippen molar-refractivity contribution in [3.05, 3.63) is 28.2 Å². The number of benzene rings is 1. The van der Waals surface area contributed by atoms with E-state index >= 15 is 0 Å². The molecule has 108 valence electrons. The number of halogens is 1. The maximum absolute atomic E-state index is 9.05. The summed E-state index contributed by atoms with van der Waals surface area (Å²) in [6.07, 6.45) is 0.569. The first-order valence-corrected chi connectivity index (χ1v) is 7.75. The Labute approximate surface area is 130 Å². The zero-order valence-electron chi connectivity index (χ0n) is 12.7. The molecule has 0 spiro atoms. The lowest BCUT2D eigenvalue weighted by atomic mass is 9.94. The van der Waals surface area contributed by atoms with Gasteiger partial charge in [0.15, 0.2) is 0 Å². The van der Waals surface area contributed by atoms with Crippen molar-refractivity contribution in [1.29, 1.82) is 5.26 Å². The van der Waals surface area contributed by atoms with E-state index < -0.39 is 0 Å². The molecule has 1 unspecified atom stereocenters. The van der Waals surface area contributed by atoms with E-state index in [2.05, 4.69) is 77.8 Å². The Morgan fingerprint density at radius 1 is 1.45 bits per heavy atom. The lowest BCUT2D eigenvalue weighted by Gasteiger charge is -2.50. The van der Waals surface area contributed by atoms with E-state index in [1.165, 1.54) is 11.3 Å². The molecule has 0 radical (unpaired) electrons. The van der Waals surface area contributed by atoms with E-state index in [1.807, 2.05) is 0 Å². The summed E-state index contributed by atoms with van der Waals surface area (Å²) >= 11 is 3.67. The van der Waals surface area contributed by atoms with Crippen LogP contribution in [0.5, 0.6) is 0 Å². The van der Waals surface area contributed by atoms with Crippen LogP contribution in [0.15, 0.2) is 22.7 Å². The zero-order valence-corrected chi connectivity index (χ0v) is 14.2. The number of piperazine rings is 1. The molecule has 0 bridgehead atoms. The predicted octanol–water partition coefficient (Wildman–Crippen LogP) is 3.57. The average Bonchev–Trinajstić information content (AvgIpc) is 2.35. The summed E-state index contributed by atoms with van der Waals surface area (Å²) < 4.78 is 1.13. The van der Waals surface area contributed by atoms with Gasteiger partial charge in [-0.05, 0) is 61.4 Å². The third kappa shape index (κ3) is 2.99. The molecule has 1 aliphatic heterocycles. The Morgan fingerprint density at radius 2 is 2.15 bits per heavy atom. The highest BCUT2D eigenvalue weighted by Gasteiger charge is 2.37. The first-order valence-electron chi connectivity index (χ1n) is 6.96. The van der Waals surface area contributed by atoms with Gasteiger partial charge in [0.1, 0.15) is 0 Å². The maximum atomic E-state index is 9.05. The molecule has 0 amide bonds. The average molecular weight is 336 g/mol. The molecule has 2 rings (SSSR count). The van der Waals surface area contributed by atoms with Crippen LogP contribution in [-0.4, -0.2) is 36.6 Å². The van der Waals surface area contributed by atoms with Gasteiger partial charge in [-0.15, -0.1) is 0 Å². The summed E-state index contributed by atoms with van der Waals surface area (Å²) in [4.78, 5) is 4.74. The molecule has 20 heavy (non-hydrogen) atoms. The number of nitriles is 1. The highest BCUT2D eigenvalue weighted by molar-refractivity contribution is 9.10. The van der Waals surface area contributed by atoms with Crippen molar-refractivity contribution in [2.24, 2.45) is 0 Å². The van der Waals surface area contributed by atoms with Gasteiger partial charge in [0.05, 0.1) is 18.2 Å². The van der Waals surface area contributed by atoms with Gasteiger partial charge in [-0.1, -0.05) is 6.07 Å². The maximum Gasteiger partial charge on any atom is 0.0638 e. The Bertz CT molecular complexity index is 533. The monoisotopic (exact) mass is 335 g/mol. The van der Waals surface area contributed by atoms with Crippen molar-refractivity contribution in [3.8, 4) is 6.07 Å². The van der Waals surface area contributed by atoms with E-state index in [0.29, 0.717) is 6.42 Å². The molecule has 0 aromatic heterocycles. The van der Waals surface area contributed by atoms with E-state index in [-0.39, 0.29) is 11.6 Å². The van der Waals surface area contributed by atoms with Gasteiger partial charge in [0.25, 0.3) is 0 Å². The third-order valence-corrected chi connectivity index (χ3v) is 4.92. The van der Waals surface area contributed by atoms with Gasteiger partial charge < -0.3 is 4.90 Å². The normalized spacial score (nSPS) is 22.6. The molecule has 0 aliphatic carbocycles. The molecule has 1 atom stereocenters. The molecule has 1 aliphatic rings. The van der Waals surface area contributed by atoms with Gasteiger partial charge in [-0.25, -0.2) is 0 Å². The summed E-state index contributed by atoms with van der Waals surface area (Å²) in [5, 5.41) is 9.05. The van der Waals surface area contributed by atoms with Crippen LogP contribution in [0.2, 0.25) is 0 Å². The number of nitrogens with zero attached hydrogens (tertiary/aromatic N) is 3. The van der Waals surface area contributed by atoms with E-state index in [1.54, 1.807) is 0 Å². The van der Waals surface area contributed by atoms with Crippen molar-refractivity contribution in [1.82, 2.24) is 4.90 Å². The van der Waals surface area contributed by atoms with Gasteiger partial charge >= 0.3 is 0 Å². The first-order chi connectivity index (χ1) is 9.35. The van der Waals surface area contributed by atoms with E-state index in [4.69, 9.17) is 5.26 Å². The minimum Gasteiger partial charge on any atom is -0.367 e. The van der Waals surface area contributed by atoms with Crippen LogP contribution in [-0.2, 0) is 0 Å². The molecule has 1 aromatic rings. The lowest BCUT2D eigenvalue weighted by Crippen LogP contribution is -2.62. The SMILES string of the molecule is Cc1ccc(N2CC(CC#N)N(C)C(C)(C)C2)c(Br)c1. The number of anilines is 1. The van der Waals surface area contributed by atoms with Crippen LogP contribution < -0.4 is 4.90 Å². The van der Waals surface area contributed by atoms with E-state index in [9.17, 15) is 0 Å². The molecule has 1 aromatic carbocycles. The quantitative estimate of drug-likeness (QED) is 0.827. The number of hydrogen-bond acceptors (Lipinski definition) is 3. The van der Waals surface area contributed by atoms with Crippen molar-refractivity contribution >= 4 is 21.6 Å². The van der Waals surface area contributed by atoms with E-state index in [0.717, 1.165) is 17.6 Å². The highest BCUT2D eigenvalue weighted by atomic mass is 79.9. The second-order valence-corrected chi connectivity index (χ2v) is 7.13. The summed E-state index contributed by atoms with van der Waals surface area (Å²) in [6.45, 7) is 8.44. The lowest BCUT2D eigenvalue weighted by molar-refractivity contribution is 0.0826. The third-order valence-electron chi connectivity index (χ3n) is 4.28. The molecule has 1 saturated heterocycles. The van der Waals surface area contributed by atoms with Crippen LogP contribution in [0, 0.1) is 18.3 Å². The van der Waals surface area contributed by atoms with Crippen LogP contribution in [0.1, 0.15) is 25.8 Å². The molecule has 1 heterocycles. The van der Waals surface area contributed by atoms with Gasteiger partial charge in [0.2, 0.25) is 0 Å². The Hall–Kier alpha value is -1.05. The van der Waals surface area contributed by atoms with Crippen molar-refractivity contribution in [2.75, 3.05) is 25.0 Å². The fourth-order valence-electron chi connectivity index (χ4n) is 2.87. The molecular formula is C16H22BrN3. The second-order valence-electron chi connectivity index (χ2n) is 6.27. The summed E-state index contributed by atoms with van der Waals surface area (Å²) in [5.74, 6) is 0. The standard InChI is InChI=1S/C16H22BrN3/c1-12-5-6-15(14(17)9-12)20-10-13(7-8-18)19(4)16(2,3)11-20/h5-6,9,13H,7,10-11H2,1-4H3. The zero-order chi connectivity index (χ0) is 14.9. The Kier molecular flexibility index (Phi) is 4.41. The number of aryl methyl sites for hydroxylation is 1. The molecular weight excluding hydrogens is 314 g/mol. The second kappa shape index (κ2) is 5.75. The van der Waals surface area contributed by atoms with Crippen molar-refractivity contribution in [3.63, 3.8) is 0 Å². The minimum absolute atomic E-state index is 0.0596. The van der Waals surface area contributed by atoms with Crippen molar-refractivity contribution < 1.29 is 0 Å². The summed E-state index contributed by atoms with van der Waals surface area (Å²) in [7, 11) is 2.13.